The van der Waals surface area contributed by atoms with Crippen LogP contribution in [-0.2, 0) is 17.6 Å². The minimum absolute atomic E-state index is 0.723. The van der Waals surface area contributed by atoms with Crippen molar-refractivity contribution in [1.82, 2.24) is 0 Å². The topological polar surface area (TPSA) is 9.23 Å². The molecule has 0 saturated carbocycles. The second-order valence-electron chi connectivity index (χ2n) is 4.79. The molecule has 16 heavy (non-hydrogen) atoms. The highest BCUT2D eigenvalue weighted by Crippen LogP contribution is 2.12. The Labute approximate surface area is 99.1 Å². The van der Waals surface area contributed by atoms with Crippen LogP contribution < -0.4 is 0 Å². The molecule has 1 heteroatoms. The van der Waals surface area contributed by atoms with Crippen molar-refractivity contribution in [2.24, 2.45) is 5.92 Å². The van der Waals surface area contributed by atoms with Crippen LogP contribution in [0.15, 0.2) is 36.1 Å². The molecule has 0 amide bonds. The lowest BCUT2D eigenvalue weighted by Crippen LogP contribution is -1.94. The van der Waals surface area contributed by atoms with Crippen LogP contribution in [0.2, 0.25) is 0 Å². The van der Waals surface area contributed by atoms with Gasteiger partial charge in [-0.25, -0.2) is 0 Å². The number of methoxy groups -OCH3 is 1. The number of ether oxygens (including phenoxy) is 1. The maximum Gasteiger partial charge on any atom is 0.0817 e. The predicted octanol–water partition coefficient (Wildman–Crippen LogP) is 3.98. The average molecular weight is 218 g/mol. The molecule has 0 bridgehead atoms. The van der Waals surface area contributed by atoms with Crippen LogP contribution >= 0.6 is 0 Å². The molecular formula is C15H22O. The van der Waals surface area contributed by atoms with E-state index < -0.39 is 0 Å². The first-order valence-corrected chi connectivity index (χ1v) is 5.88. The summed E-state index contributed by atoms with van der Waals surface area (Å²) >= 11 is 0. The third-order valence-electron chi connectivity index (χ3n) is 2.47. The highest BCUT2D eigenvalue weighted by atomic mass is 16.5. The largest absolute Gasteiger partial charge is 0.504 e. The standard InChI is InChI=1S/C15H22O/c1-12(2)9-14-5-7-15(8-6-14)10-13(3)11-16-4/h5-8,11-12H,9-10H2,1-4H3. The van der Waals surface area contributed by atoms with E-state index in [1.165, 1.54) is 16.7 Å². The van der Waals surface area contributed by atoms with Crippen LogP contribution in [0.25, 0.3) is 0 Å². The number of rotatable bonds is 5. The molecule has 1 aromatic carbocycles. The molecule has 0 aromatic heterocycles. The number of hydrogen-bond acceptors (Lipinski definition) is 1. The second-order valence-corrected chi connectivity index (χ2v) is 4.79. The van der Waals surface area contributed by atoms with Gasteiger partial charge in [0.2, 0.25) is 0 Å². The van der Waals surface area contributed by atoms with Gasteiger partial charge in [-0.15, -0.1) is 0 Å². The summed E-state index contributed by atoms with van der Waals surface area (Å²) in [7, 11) is 1.69. The lowest BCUT2D eigenvalue weighted by molar-refractivity contribution is 0.333. The van der Waals surface area contributed by atoms with Crippen LogP contribution in [0, 0.1) is 5.92 Å². The van der Waals surface area contributed by atoms with Crippen LogP contribution in [-0.4, -0.2) is 7.11 Å². The molecule has 0 fully saturated rings. The molecule has 0 aliphatic rings. The van der Waals surface area contributed by atoms with Crippen molar-refractivity contribution in [1.29, 1.82) is 0 Å². The van der Waals surface area contributed by atoms with E-state index in [1.807, 2.05) is 6.26 Å². The Bertz CT molecular complexity index is 333. The molecule has 0 aliphatic heterocycles. The van der Waals surface area contributed by atoms with Gasteiger partial charge in [-0.2, -0.15) is 0 Å². The summed E-state index contributed by atoms with van der Waals surface area (Å²) in [6, 6.07) is 8.89. The number of hydrogen-bond donors (Lipinski definition) is 0. The lowest BCUT2D eigenvalue weighted by Gasteiger charge is -2.06. The molecule has 0 atom stereocenters. The molecule has 0 unspecified atom stereocenters. The molecule has 0 N–H and O–H groups in total. The van der Waals surface area contributed by atoms with Crippen molar-refractivity contribution in [2.75, 3.05) is 7.11 Å². The molecule has 0 aliphatic carbocycles. The van der Waals surface area contributed by atoms with Gasteiger partial charge in [-0.3, -0.25) is 0 Å². The van der Waals surface area contributed by atoms with Crippen molar-refractivity contribution in [3.8, 4) is 0 Å². The van der Waals surface area contributed by atoms with Gasteiger partial charge in [0.15, 0.2) is 0 Å². The smallest absolute Gasteiger partial charge is 0.0817 e. The molecule has 88 valence electrons. The van der Waals surface area contributed by atoms with Crippen LogP contribution in [0.5, 0.6) is 0 Å². The summed E-state index contributed by atoms with van der Waals surface area (Å²) in [6.07, 6.45) is 3.94. The zero-order chi connectivity index (χ0) is 12.0. The summed E-state index contributed by atoms with van der Waals surface area (Å²) in [4.78, 5) is 0. The fourth-order valence-corrected chi connectivity index (χ4v) is 1.83. The summed E-state index contributed by atoms with van der Waals surface area (Å²) < 4.78 is 4.99. The van der Waals surface area contributed by atoms with E-state index in [2.05, 4.69) is 45.0 Å². The Kier molecular flexibility index (Phi) is 5.10. The van der Waals surface area contributed by atoms with E-state index in [4.69, 9.17) is 4.74 Å². The Morgan fingerprint density at radius 1 is 1.19 bits per heavy atom. The minimum atomic E-state index is 0.723. The van der Waals surface area contributed by atoms with Gasteiger partial charge in [0.25, 0.3) is 0 Å². The molecule has 0 spiro atoms. The van der Waals surface area contributed by atoms with Crippen molar-refractivity contribution >= 4 is 0 Å². The first kappa shape index (κ1) is 12.8. The first-order chi connectivity index (χ1) is 7.61. The maximum absolute atomic E-state index is 4.99. The van der Waals surface area contributed by atoms with E-state index in [0.717, 1.165) is 18.8 Å². The summed E-state index contributed by atoms with van der Waals surface area (Å²) in [6.45, 7) is 6.59. The van der Waals surface area contributed by atoms with E-state index in [1.54, 1.807) is 7.11 Å². The molecule has 1 aromatic rings. The highest BCUT2D eigenvalue weighted by molar-refractivity contribution is 5.25. The Balaban J connectivity index is 2.61. The van der Waals surface area contributed by atoms with Gasteiger partial charge in [0.05, 0.1) is 13.4 Å². The fraction of sp³-hybridized carbons (Fsp3) is 0.467. The van der Waals surface area contributed by atoms with Gasteiger partial charge in [-0.1, -0.05) is 38.1 Å². The summed E-state index contributed by atoms with van der Waals surface area (Å²) in [5, 5.41) is 0. The molecule has 1 nitrogen and oxygen atoms in total. The Morgan fingerprint density at radius 3 is 2.25 bits per heavy atom. The molecule has 0 radical (unpaired) electrons. The molecule has 0 heterocycles. The third-order valence-corrected chi connectivity index (χ3v) is 2.47. The second kappa shape index (κ2) is 6.37. The normalized spacial score (nSPS) is 11.9. The third kappa shape index (κ3) is 4.52. The van der Waals surface area contributed by atoms with Crippen LogP contribution in [0.3, 0.4) is 0 Å². The molecule has 1 rings (SSSR count). The zero-order valence-corrected chi connectivity index (χ0v) is 10.8. The van der Waals surface area contributed by atoms with Crippen LogP contribution in [0.1, 0.15) is 31.9 Å². The van der Waals surface area contributed by atoms with Crippen molar-refractivity contribution < 1.29 is 4.74 Å². The maximum atomic E-state index is 4.99. The van der Waals surface area contributed by atoms with Gasteiger partial charge in [0, 0.05) is 0 Å². The SMILES string of the molecule is COC=C(C)Cc1ccc(CC(C)C)cc1. The quantitative estimate of drug-likeness (QED) is 0.679. The van der Waals surface area contributed by atoms with Gasteiger partial charge in [0.1, 0.15) is 0 Å². The lowest BCUT2D eigenvalue weighted by atomic mass is 10.00. The highest BCUT2D eigenvalue weighted by Gasteiger charge is 1.99. The summed E-state index contributed by atoms with van der Waals surface area (Å²) in [5.74, 6) is 0.723. The van der Waals surface area contributed by atoms with Crippen molar-refractivity contribution in [2.45, 2.75) is 33.6 Å². The number of allylic oxidation sites excluding steroid dienone is 1. The van der Waals surface area contributed by atoms with Gasteiger partial charge < -0.3 is 4.74 Å². The zero-order valence-electron chi connectivity index (χ0n) is 10.8. The van der Waals surface area contributed by atoms with Gasteiger partial charge in [-0.05, 0) is 42.4 Å². The molecular weight excluding hydrogens is 196 g/mol. The predicted molar refractivity (Wildman–Crippen MR) is 69.5 cm³/mol. The van der Waals surface area contributed by atoms with E-state index in [0.29, 0.717) is 0 Å². The van der Waals surface area contributed by atoms with Crippen molar-refractivity contribution in [3.05, 3.63) is 47.2 Å². The first-order valence-electron chi connectivity index (χ1n) is 5.88. The Hall–Kier alpha value is -1.24. The monoisotopic (exact) mass is 218 g/mol. The minimum Gasteiger partial charge on any atom is -0.504 e. The van der Waals surface area contributed by atoms with Gasteiger partial charge >= 0.3 is 0 Å². The average Bonchev–Trinajstić information content (AvgIpc) is 2.20. The van der Waals surface area contributed by atoms with E-state index >= 15 is 0 Å². The fourth-order valence-electron chi connectivity index (χ4n) is 1.83. The van der Waals surface area contributed by atoms with Crippen LogP contribution in [0.4, 0.5) is 0 Å². The van der Waals surface area contributed by atoms with E-state index in [-0.39, 0.29) is 0 Å². The molecule has 0 saturated heterocycles. The van der Waals surface area contributed by atoms with Crippen molar-refractivity contribution in [3.63, 3.8) is 0 Å². The Morgan fingerprint density at radius 2 is 1.75 bits per heavy atom. The number of benzene rings is 1. The van der Waals surface area contributed by atoms with E-state index in [9.17, 15) is 0 Å². The summed E-state index contributed by atoms with van der Waals surface area (Å²) in [5.41, 5.74) is 4.02.